The Morgan fingerprint density at radius 1 is 0.974 bits per heavy atom. The van der Waals surface area contributed by atoms with Gasteiger partial charge >= 0.3 is 11.9 Å². The number of allylic oxidation sites excluding steroid dienone is 1. The van der Waals surface area contributed by atoms with E-state index in [1.165, 1.54) is 34.2 Å². The molecule has 4 aromatic rings. The molecule has 2 atom stereocenters. The van der Waals surface area contributed by atoms with Crippen LogP contribution < -0.4 is 20.3 Å². The van der Waals surface area contributed by atoms with Crippen molar-refractivity contribution in [3.63, 3.8) is 0 Å². The Balaban J connectivity index is 1.57. The molecule has 0 bridgehead atoms. The van der Waals surface area contributed by atoms with Crippen LogP contribution in [0.15, 0.2) is 93.1 Å². The quantitative estimate of drug-likeness (QED) is 0.305. The fourth-order valence-electron chi connectivity index (χ4n) is 5.29. The van der Waals surface area contributed by atoms with Crippen LogP contribution in [0.3, 0.4) is 0 Å². The molecule has 0 unspecified atom stereocenters. The summed E-state index contributed by atoms with van der Waals surface area (Å²) in [5, 5.41) is 10.9. The van der Waals surface area contributed by atoms with Gasteiger partial charge in [-0.25, -0.2) is 9.79 Å². The van der Waals surface area contributed by atoms with Crippen molar-refractivity contribution >= 4 is 35.4 Å². The molecule has 196 valence electrons. The van der Waals surface area contributed by atoms with Gasteiger partial charge in [-0.2, -0.15) is 4.68 Å². The molecule has 2 aromatic heterocycles. The van der Waals surface area contributed by atoms with E-state index in [2.05, 4.69) is 5.43 Å². The van der Waals surface area contributed by atoms with Gasteiger partial charge in [0.15, 0.2) is 0 Å². The van der Waals surface area contributed by atoms with E-state index < -0.39 is 16.2 Å². The summed E-state index contributed by atoms with van der Waals surface area (Å²) in [6.45, 7) is 0. The van der Waals surface area contributed by atoms with Gasteiger partial charge in [-0.05, 0) is 18.2 Å². The van der Waals surface area contributed by atoms with E-state index in [0.29, 0.717) is 9.33 Å². The van der Waals surface area contributed by atoms with Crippen LogP contribution in [0.4, 0.5) is 10.7 Å². The number of carbonyl (C=O) groups is 1. The fraction of sp³-hybridized carbons (Fsp3) is 0.148. The average Bonchev–Trinajstić information content (AvgIpc) is 3.60. The number of fused-ring (bicyclic) bond motifs is 2. The number of aromatic nitrogens is 1. The van der Waals surface area contributed by atoms with Gasteiger partial charge in [-0.15, -0.1) is 0 Å². The predicted octanol–water partition coefficient (Wildman–Crippen LogP) is 2.78. The summed E-state index contributed by atoms with van der Waals surface area (Å²) in [4.78, 5) is 46.1. The number of furan rings is 1. The molecule has 12 heteroatoms. The van der Waals surface area contributed by atoms with Crippen molar-refractivity contribution < 1.29 is 14.1 Å². The number of thiazole rings is 1. The number of amides is 2. The van der Waals surface area contributed by atoms with Crippen molar-refractivity contribution in [2.45, 2.75) is 11.3 Å². The molecule has 6 rings (SSSR count). The van der Waals surface area contributed by atoms with Crippen LogP contribution in [-0.4, -0.2) is 39.5 Å². The second-order valence-corrected chi connectivity index (χ2v) is 10.1. The fourth-order valence-corrected chi connectivity index (χ4v) is 6.21. The highest BCUT2D eigenvalue weighted by molar-refractivity contribution is 7.07. The van der Waals surface area contributed by atoms with Crippen molar-refractivity contribution in [1.82, 2.24) is 14.5 Å². The second-order valence-electron chi connectivity index (χ2n) is 9.09. The maximum absolute atomic E-state index is 13.6. The Bertz CT molecular complexity index is 1810. The Hall–Kier alpha value is -4.97. The normalized spacial score (nSPS) is 22.5. The third kappa shape index (κ3) is 3.38. The lowest BCUT2D eigenvalue weighted by molar-refractivity contribution is -0.402. The maximum Gasteiger partial charge on any atom is 0.433 e. The van der Waals surface area contributed by atoms with Crippen LogP contribution in [0.25, 0.3) is 12.2 Å². The number of carbonyl (C=O) groups excluding carboxylic acids is 1. The molecule has 11 nitrogen and oxygen atoms in total. The summed E-state index contributed by atoms with van der Waals surface area (Å²) in [6, 6.07) is 21.5. The Morgan fingerprint density at radius 3 is 2.28 bits per heavy atom. The molecule has 0 radical (unpaired) electrons. The van der Waals surface area contributed by atoms with E-state index in [0.717, 1.165) is 11.1 Å². The Labute approximate surface area is 225 Å². The number of nitro groups is 1. The van der Waals surface area contributed by atoms with Gasteiger partial charge in [0.05, 0.1) is 10.6 Å². The average molecular weight is 543 g/mol. The van der Waals surface area contributed by atoms with Gasteiger partial charge in [0.2, 0.25) is 16.1 Å². The summed E-state index contributed by atoms with van der Waals surface area (Å²) >= 11 is 1.17. The van der Waals surface area contributed by atoms with Crippen molar-refractivity contribution in [3.05, 3.63) is 126 Å². The Kier molecular flexibility index (Phi) is 5.50. The number of benzene rings is 2. The molecular formula is C27H22N6O5S. The molecule has 39 heavy (non-hydrogen) atoms. The molecule has 0 saturated carbocycles. The third-order valence-corrected chi connectivity index (χ3v) is 8.06. The predicted molar refractivity (Wildman–Crippen MR) is 145 cm³/mol. The highest BCUT2D eigenvalue weighted by Gasteiger charge is 2.69. The van der Waals surface area contributed by atoms with Gasteiger partial charge in [-0.1, -0.05) is 78.1 Å². The second kappa shape index (κ2) is 8.81. The van der Waals surface area contributed by atoms with Gasteiger partial charge in [-0.3, -0.25) is 30.1 Å². The molecule has 2 amide bonds. The van der Waals surface area contributed by atoms with Crippen molar-refractivity contribution in [1.29, 1.82) is 0 Å². The molecule has 0 spiro atoms. The third-order valence-electron chi connectivity index (χ3n) is 7.07. The number of hydrogen-bond donors (Lipinski definition) is 1. The summed E-state index contributed by atoms with van der Waals surface area (Å²) in [5.74, 6) is -0.0828. The van der Waals surface area contributed by atoms with E-state index >= 15 is 0 Å². The van der Waals surface area contributed by atoms with E-state index in [9.17, 15) is 19.7 Å². The van der Waals surface area contributed by atoms with Gasteiger partial charge in [0.25, 0.3) is 5.56 Å². The highest BCUT2D eigenvalue weighted by Crippen LogP contribution is 2.53. The number of nitrogens with one attached hydrogen (secondary N) is 1. The number of rotatable bonds is 5. The first-order valence-corrected chi connectivity index (χ1v) is 12.8. The first-order chi connectivity index (χ1) is 18.8. The van der Waals surface area contributed by atoms with Crippen LogP contribution >= 0.6 is 11.3 Å². The smallest absolute Gasteiger partial charge is 0.401 e. The number of urea groups is 1. The number of hydrogen-bond acceptors (Lipinski definition) is 8. The van der Waals surface area contributed by atoms with Crippen LogP contribution in [0.5, 0.6) is 0 Å². The monoisotopic (exact) mass is 542 g/mol. The lowest BCUT2D eigenvalue weighted by Crippen LogP contribution is -2.67. The standard InChI is InChI=1S/C27H22N6O5S/c1-30-25(35)31(2)27(19-12-7-4-8-13-19)26(30,18-10-5-3-6-11-18)28-24-32(29-27)23(34)21(39-24)15-9-14-20-16-17-22(38-20)33(36)37/h3-17,29H,1-2H3/b14-9-,21-15-/t26-,27+/m0/s1. The van der Waals surface area contributed by atoms with Crippen LogP contribution in [-0.2, 0) is 11.3 Å². The van der Waals surface area contributed by atoms with E-state index in [-0.39, 0.29) is 23.2 Å². The van der Waals surface area contributed by atoms with Crippen LogP contribution in [0.1, 0.15) is 16.9 Å². The van der Waals surface area contributed by atoms with Crippen LogP contribution in [0, 0.1) is 10.1 Å². The van der Waals surface area contributed by atoms with Gasteiger partial charge in [0, 0.05) is 25.2 Å². The lowest BCUT2D eigenvalue weighted by atomic mass is 9.80. The zero-order valence-corrected chi connectivity index (χ0v) is 21.7. The SMILES string of the molecule is CN1C(=O)N(C)[C@]2(c3ccccc3)N=c3s/c(=C\C=C/c4ccc([N+](=O)[O-])o4)c(=O)n3N[C@]12c1ccccc1. The first-order valence-electron chi connectivity index (χ1n) is 11.9. The molecular weight excluding hydrogens is 520 g/mol. The minimum absolute atomic E-state index is 0.260. The Morgan fingerprint density at radius 2 is 1.64 bits per heavy atom. The van der Waals surface area contributed by atoms with E-state index in [4.69, 9.17) is 9.41 Å². The molecule has 0 aliphatic carbocycles. The largest absolute Gasteiger partial charge is 0.433 e. The summed E-state index contributed by atoms with van der Waals surface area (Å²) < 4.78 is 6.89. The molecule has 2 aliphatic heterocycles. The number of nitrogens with zero attached hydrogens (tertiary/aromatic N) is 5. The molecule has 1 N–H and O–H groups in total. The summed E-state index contributed by atoms with van der Waals surface area (Å²) in [5.41, 5.74) is 2.10. The number of likely N-dealkylation sites (N-methyl/N-ethyl adjacent to an activating group) is 2. The van der Waals surface area contributed by atoms with Gasteiger partial charge < -0.3 is 4.42 Å². The minimum atomic E-state index is -1.25. The zero-order valence-electron chi connectivity index (χ0n) is 20.8. The first kappa shape index (κ1) is 24.4. The minimum Gasteiger partial charge on any atom is -0.401 e. The summed E-state index contributed by atoms with van der Waals surface area (Å²) in [6.07, 6.45) is 4.72. The van der Waals surface area contributed by atoms with Crippen molar-refractivity contribution in [3.8, 4) is 0 Å². The lowest BCUT2D eigenvalue weighted by Gasteiger charge is -2.49. The topological polar surface area (TPSA) is 126 Å². The van der Waals surface area contributed by atoms with Gasteiger partial charge in [0.1, 0.15) is 10.7 Å². The molecule has 1 saturated heterocycles. The molecule has 4 heterocycles. The maximum atomic E-state index is 13.6. The van der Waals surface area contributed by atoms with Crippen molar-refractivity contribution in [2.75, 3.05) is 19.5 Å². The molecule has 2 aromatic carbocycles. The summed E-state index contributed by atoms with van der Waals surface area (Å²) in [7, 11) is 3.40. The molecule has 2 aliphatic rings. The van der Waals surface area contributed by atoms with E-state index in [1.807, 2.05) is 60.7 Å². The van der Waals surface area contributed by atoms with Crippen molar-refractivity contribution in [2.24, 2.45) is 4.99 Å². The zero-order chi connectivity index (χ0) is 27.4. The molecule has 1 fully saturated rings. The highest BCUT2D eigenvalue weighted by atomic mass is 32.1. The van der Waals surface area contributed by atoms with Crippen LogP contribution in [0.2, 0.25) is 0 Å². The van der Waals surface area contributed by atoms with E-state index in [1.54, 1.807) is 36.0 Å².